The summed E-state index contributed by atoms with van der Waals surface area (Å²) in [7, 11) is 1.59. The second kappa shape index (κ2) is 3.77. The van der Waals surface area contributed by atoms with Crippen molar-refractivity contribution in [2.45, 2.75) is 24.9 Å². The van der Waals surface area contributed by atoms with Crippen LogP contribution in [-0.4, -0.2) is 30.2 Å². The number of likely N-dealkylation sites (tertiary alicyclic amines) is 1. The summed E-state index contributed by atoms with van der Waals surface area (Å²) in [4.78, 5) is 1.83. The fourth-order valence-electron chi connectivity index (χ4n) is 1.42. The summed E-state index contributed by atoms with van der Waals surface area (Å²) < 4.78 is 24.9. The minimum Gasteiger partial charge on any atom is -0.297 e. The molecule has 0 N–H and O–H groups in total. The summed E-state index contributed by atoms with van der Waals surface area (Å²) >= 11 is 0. The predicted octanol–water partition coefficient (Wildman–Crippen LogP) is 1.94. The van der Waals surface area contributed by atoms with Crippen molar-refractivity contribution in [3.05, 3.63) is 0 Å². The Hall–Kier alpha value is 0.250. The van der Waals surface area contributed by atoms with Gasteiger partial charge in [-0.1, -0.05) is 15.7 Å². The van der Waals surface area contributed by atoms with Gasteiger partial charge in [-0.25, -0.2) is 8.78 Å². The van der Waals surface area contributed by atoms with Crippen LogP contribution in [0.1, 0.15) is 19.3 Å². The zero-order valence-corrected chi connectivity index (χ0v) is 7.68. The first kappa shape index (κ1) is 9.34. The molecule has 0 aliphatic carbocycles. The zero-order chi connectivity index (χ0) is 8.32. The van der Waals surface area contributed by atoms with Gasteiger partial charge < -0.3 is 0 Å². The molecule has 4 heteroatoms. The van der Waals surface area contributed by atoms with E-state index in [1.807, 2.05) is 4.90 Å². The molecular formula is C7H14F2NP. The summed E-state index contributed by atoms with van der Waals surface area (Å²) in [5.74, 6) is 0. The molecule has 0 spiro atoms. The standard InChI is InChI=1S/C7H14F2NP/c8-7(9,11)6-10-4-2-1-3-5-10/h1-6,11H2. The van der Waals surface area contributed by atoms with Crippen molar-refractivity contribution in [3.63, 3.8) is 0 Å². The van der Waals surface area contributed by atoms with E-state index < -0.39 is 5.66 Å². The average molecular weight is 181 g/mol. The first-order valence-corrected chi connectivity index (χ1v) is 4.55. The van der Waals surface area contributed by atoms with Crippen LogP contribution in [0.3, 0.4) is 0 Å². The smallest absolute Gasteiger partial charge is 0.271 e. The van der Waals surface area contributed by atoms with E-state index in [0.717, 1.165) is 25.9 Å². The molecular weight excluding hydrogens is 167 g/mol. The normalized spacial score (nSPS) is 22.1. The molecule has 1 aliphatic rings. The van der Waals surface area contributed by atoms with Crippen LogP contribution < -0.4 is 0 Å². The summed E-state index contributed by atoms with van der Waals surface area (Å²) in [5, 5.41) is 0. The Kier molecular flexibility index (Phi) is 3.20. The van der Waals surface area contributed by atoms with Crippen molar-refractivity contribution in [2.75, 3.05) is 19.6 Å². The zero-order valence-electron chi connectivity index (χ0n) is 6.52. The van der Waals surface area contributed by atoms with E-state index >= 15 is 0 Å². The van der Waals surface area contributed by atoms with E-state index in [2.05, 4.69) is 0 Å². The largest absolute Gasteiger partial charge is 0.297 e. The van der Waals surface area contributed by atoms with Gasteiger partial charge in [-0.3, -0.25) is 4.90 Å². The quantitative estimate of drug-likeness (QED) is 0.588. The van der Waals surface area contributed by atoms with E-state index in [1.165, 1.54) is 6.42 Å². The van der Waals surface area contributed by atoms with Crippen molar-refractivity contribution < 1.29 is 8.78 Å². The Bertz CT molecular complexity index is 118. The second-order valence-electron chi connectivity index (χ2n) is 3.10. The third-order valence-electron chi connectivity index (χ3n) is 1.88. The molecule has 1 aliphatic heterocycles. The predicted molar refractivity (Wildman–Crippen MR) is 44.9 cm³/mol. The summed E-state index contributed by atoms with van der Waals surface area (Å²) in [5.41, 5.74) is -2.60. The van der Waals surface area contributed by atoms with Gasteiger partial charge in [0, 0.05) is 0 Å². The molecule has 1 nitrogen and oxygen atoms in total. The summed E-state index contributed by atoms with van der Waals surface area (Å²) in [6, 6.07) is 0. The maximum absolute atomic E-state index is 12.4. The third kappa shape index (κ3) is 3.97. The fraction of sp³-hybridized carbons (Fsp3) is 1.00. The molecule has 0 aromatic heterocycles. The molecule has 1 saturated heterocycles. The number of hydrogen-bond acceptors (Lipinski definition) is 1. The number of piperidine rings is 1. The van der Waals surface area contributed by atoms with Gasteiger partial charge in [0.05, 0.1) is 6.54 Å². The lowest BCUT2D eigenvalue weighted by molar-refractivity contribution is 0.0466. The van der Waals surface area contributed by atoms with Crippen LogP contribution in [0, 0.1) is 0 Å². The van der Waals surface area contributed by atoms with Crippen LogP contribution in [0.2, 0.25) is 0 Å². The van der Waals surface area contributed by atoms with Crippen LogP contribution >= 0.6 is 9.24 Å². The van der Waals surface area contributed by atoms with Crippen LogP contribution in [0.5, 0.6) is 0 Å². The lowest BCUT2D eigenvalue weighted by Crippen LogP contribution is -2.36. The molecule has 1 fully saturated rings. The van der Waals surface area contributed by atoms with Gasteiger partial charge in [-0.2, -0.15) is 0 Å². The first-order valence-electron chi connectivity index (χ1n) is 3.97. The van der Waals surface area contributed by atoms with Crippen molar-refractivity contribution in [3.8, 4) is 0 Å². The van der Waals surface area contributed by atoms with Crippen molar-refractivity contribution in [2.24, 2.45) is 0 Å². The molecule has 11 heavy (non-hydrogen) atoms. The number of halogens is 2. The number of hydrogen-bond donors (Lipinski definition) is 0. The van der Waals surface area contributed by atoms with Crippen molar-refractivity contribution in [1.82, 2.24) is 4.90 Å². The van der Waals surface area contributed by atoms with E-state index in [-0.39, 0.29) is 6.54 Å². The molecule has 0 aromatic rings. The third-order valence-corrected chi connectivity index (χ3v) is 2.07. The van der Waals surface area contributed by atoms with E-state index in [1.54, 1.807) is 9.24 Å². The van der Waals surface area contributed by atoms with Gasteiger partial charge in [0.2, 0.25) is 0 Å². The fourth-order valence-corrected chi connectivity index (χ4v) is 1.67. The SMILES string of the molecule is FC(F)(P)CN1CCCCC1. The molecule has 66 valence electrons. The Labute approximate surface area is 68.3 Å². The van der Waals surface area contributed by atoms with Gasteiger partial charge in [0.1, 0.15) is 0 Å². The number of nitrogens with zero attached hydrogens (tertiary/aromatic N) is 1. The number of rotatable bonds is 2. The Morgan fingerprint density at radius 1 is 1.18 bits per heavy atom. The summed E-state index contributed by atoms with van der Waals surface area (Å²) in [6.45, 7) is 1.58. The van der Waals surface area contributed by atoms with E-state index in [4.69, 9.17) is 0 Å². The van der Waals surface area contributed by atoms with Crippen LogP contribution in [-0.2, 0) is 0 Å². The molecule has 0 saturated carbocycles. The summed E-state index contributed by atoms with van der Waals surface area (Å²) in [6.07, 6.45) is 3.33. The molecule has 0 radical (unpaired) electrons. The second-order valence-corrected chi connectivity index (χ2v) is 3.94. The molecule has 0 bridgehead atoms. The maximum atomic E-state index is 12.4. The van der Waals surface area contributed by atoms with Crippen LogP contribution in [0.25, 0.3) is 0 Å². The average Bonchev–Trinajstić information content (AvgIpc) is 1.85. The Morgan fingerprint density at radius 2 is 1.73 bits per heavy atom. The molecule has 1 unspecified atom stereocenters. The van der Waals surface area contributed by atoms with Gasteiger partial charge in [0.15, 0.2) is 0 Å². The van der Waals surface area contributed by atoms with E-state index in [9.17, 15) is 8.78 Å². The highest BCUT2D eigenvalue weighted by Crippen LogP contribution is 2.24. The van der Waals surface area contributed by atoms with Gasteiger partial charge in [-0.05, 0) is 25.9 Å². The van der Waals surface area contributed by atoms with Crippen LogP contribution in [0.15, 0.2) is 0 Å². The molecule has 1 atom stereocenters. The highest BCUT2D eigenvalue weighted by atomic mass is 31.0. The highest BCUT2D eigenvalue weighted by molar-refractivity contribution is 7.18. The minimum atomic E-state index is -2.60. The van der Waals surface area contributed by atoms with Gasteiger partial charge >= 0.3 is 0 Å². The van der Waals surface area contributed by atoms with Gasteiger partial charge in [0.25, 0.3) is 5.66 Å². The Morgan fingerprint density at radius 3 is 2.18 bits per heavy atom. The number of alkyl halides is 2. The van der Waals surface area contributed by atoms with Crippen molar-refractivity contribution in [1.29, 1.82) is 0 Å². The minimum absolute atomic E-state index is 0.0995. The molecule has 0 amide bonds. The monoisotopic (exact) mass is 181 g/mol. The Balaban J connectivity index is 2.24. The topological polar surface area (TPSA) is 3.24 Å². The molecule has 1 rings (SSSR count). The van der Waals surface area contributed by atoms with Crippen LogP contribution in [0.4, 0.5) is 8.78 Å². The maximum Gasteiger partial charge on any atom is 0.271 e. The van der Waals surface area contributed by atoms with Gasteiger partial charge in [-0.15, -0.1) is 0 Å². The highest BCUT2D eigenvalue weighted by Gasteiger charge is 2.25. The lowest BCUT2D eigenvalue weighted by atomic mass is 10.1. The van der Waals surface area contributed by atoms with Crippen molar-refractivity contribution >= 4 is 9.24 Å². The lowest BCUT2D eigenvalue weighted by Gasteiger charge is -2.28. The molecule has 1 heterocycles. The first-order chi connectivity index (χ1) is 5.08. The van der Waals surface area contributed by atoms with E-state index in [0.29, 0.717) is 0 Å². The molecule has 0 aromatic carbocycles.